The topological polar surface area (TPSA) is 57.9 Å². The molecular weight excluding hydrogens is 316 g/mol. The van der Waals surface area contributed by atoms with E-state index in [1.165, 1.54) is 0 Å². The molecule has 0 N–H and O–H groups in total. The van der Waals surface area contributed by atoms with Crippen LogP contribution in [0.3, 0.4) is 0 Å². The maximum Gasteiger partial charge on any atom is 0.228 e. The minimum atomic E-state index is 0.0863. The van der Waals surface area contributed by atoms with Gasteiger partial charge in [-0.2, -0.15) is 0 Å². The van der Waals surface area contributed by atoms with E-state index in [0.717, 1.165) is 49.4 Å². The average Bonchev–Trinajstić information content (AvgIpc) is 3.11. The van der Waals surface area contributed by atoms with Crippen molar-refractivity contribution < 1.29 is 9.59 Å². The molecule has 6 heteroatoms. The molecule has 1 spiro atoms. The number of carbonyl (C=O) groups excluding carboxylic acids is 2. The quantitative estimate of drug-likeness (QED) is 0.835. The summed E-state index contributed by atoms with van der Waals surface area (Å²) in [5.41, 5.74) is 3.04. The summed E-state index contributed by atoms with van der Waals surface area (Å²) in [6.45, 7) is 4.35. The first-order valence-corrected chi connectivity index (χ1v) is 8.91. The monoisotopic (exact) mass is 340 g/mol. The van der Waals surface area contributed by atoms with Gasteiger partial charge in [-0.25, -0.2) is 4.98 Å². The lowest BCUT2D eigenvalue weighted by Gasteiger charge is -2.38. The molecule has 0 unspecified atom stereocenters. The number of aryl methyl sites for hydroxylation is 1. The van der Waals surface area contributed by atoms with Gasteiger partial charge in [0.25, 0.3) is 0 Å². The molecule has 0 radical (unpaired) electrons. The van der Waals surface area contributed by atoms with Crippen LogP contribution in [0, 0.1) is 12.3 Å². The third-order valence-electron chi connectivity index (χ3n) is 5.84. The highest BCUT2D eigenvalue weighted by molar-refractivity contribution is 5.80. The SMILES string of the molecule is Cc1cccn2c(CC(=O)N3CCC4(CC3)CC(=O)N(C)C4)cnc12. The normalized spacial score (nSPS) is 20.0. The molecule has 25 heavy (non-hydrogen) atoms. The molecular formula is C19H24N4O2. The fourth-order valence-corrected chi connectivity index (χ4v) is 4.27. The Balaban J connectivity index is 1.43. The number of rotatable bonds is 2. The van der Waals surface area contributed by atoms with Crippen LogP contribution in [0.2, 0.25) is 0 Å². The number of likely N-dealkylation sites (tertiary alicyclic amines) is 2. The molecule has 2 aromatic heterocycles. The summed E-state index contributed by atoms with van der Waals surface area (Å²) >= 11 is 0. The van der Waals surface area contributed by atoms with Crippen LogP contribution in [-0.2, 0) is 16.0 Å². The van der Waals surface area contributed by atoms with E-state index in [4.69, 9.17) is 0 Å². The van der Waals surface area contributed by atoms with Crippen LogP contribution in [0.25, 0.3) is 5.65 Å². The van der Waals surface area contributed by atoms with E-state index in [-0.39, 0.29) is 17.2 Å². The fourth-order valence-electron chi connectivity index (χ4n) is 4.27. The number of amides is 2. The summed E-state index contributed by atoms with van der Waals surface area (Å²) in [7, 11) is 1.88. The molecule has 2 saturated heterocycles. The van der Waals surface area contributed by atoms with Crippen molar-refractivity contribution in [2.75, 3.05) is 26.7 Å². The standard InChI is InChI=1S/C19H24N4O2/c1-14-4-3-7-23-15(12-20-18(14)23)10-16(24)22-8-5-19(6-9-22)11-17(25)21(2)13-19/h3-4,7,12H,5-6,8-11,13H2,1-2H3. The summed E-state index contributed by atoms with van der Waals surface area (Å²) in [5, 5.41) is 0. The Morgan fingerprint density at radius 1 is 1.32 bits per heavy atom. The van der Waals surface area contributed by atoms with Crippen LogP contribution in [-0.4, -0.2) is 57.7 Å². The lowest BCUT2D eigenvalue weighted by molar-refractivity contribution is -0.132. The molecule has 2 aliphatic rings. The number of carbonyl (C=O) groups is 2. The molecule has 2 amide bonds. The first-order valence-electron chi connectivity index (χ1n) is 8.91. The van der Waals surface area contributed by atoms with Crippen LogP contribution in [0.4, 0.5) is 0 Å². The number of hydrogen-bond acceptors (Lipinski definition) is 3. The van der Waals surface area contributed by atoms with Gasteiger partial charge in [-0.05, 0) is 31.4 Å². The van der Waals surface area contributed by atoms with Crippen LogP contribution >= 0.6 is 0 Å². The molecule has 2 aliphatic heterocycles. The molecule has 0 aliphatic carbocycles. The summed E-state index contributed by atoms with van der Waals surface area (Å²) in [6, 6.07) is 4.01. The van der Waals surface area contributed by atoms with Crippen molar-refractivity contribution in [1.82, 2.24) is 19.2 Å². The second kappa shape index (κ2) is 5.86. The van der Waals surface area contributed by atoms with Crippen molar-refractivity contribution in [2.24, 2.45) is 5.41 Å². The summed E-state index contributed by atoms with van der Waals surface area (Å²) in [5.74, 6) is 0.386. The van der Waals surface area contributed by atoms with Crippen LogP contribution in [0.1, 0.15) is 30.5 Å². The van der Waals surface area contributed by atoms with Crippen LogP contribution in [0.5, 0.6) is 0 Å². The van der Waals surface area contributed by atoms with E-state index in [1.807, 2.05) is 46.5 Å². The van der Waals surface area contributed by atoms with E-state index in [1.54, 1.807) is 6.20 Å². The molecule has 6 nitrogen and oxygen atoms in total. The zero-order valence-corrected chi connectivity index (χ0v) is 14.9. The van der Waals surface area contributed by atoms with Crippen molar-refractivity contribution >= 4 is 17.5 Å². The highest BCUT2D eigenvalue weighted by Gasteiger charge is 2.44. The van der Waals surface area contributed by atoms with Gasteiger partial charge in [0.05, 0.1) is 12.1 Å². The van der Waals surface area contributed by atoms with Crippen LogP contribution in [0.15, 0.2) is 24.5 Å². The van der Waals surface area contributed by atoms with E-state index < -0.39 is 0 Å². The van der Waals surface area contributed by atoms with E-state index in [0.29, 0.717) is 12.8 Å². The van der Waals surface area contributed by atoms with E-state index in [9.17, 15) is 9.59 Å². The summed E-state index contributed by atoms with van der Waals surface area (Å²) in [4.78, 5) is 32.8. The van der Waals surface area contributed by atoms with Crippen molar-refractivity contribution in [3.8, 4) is 0 Å². The predicted octanol–water partition coefficient (Wildman–Crippen LogP) is 1.66. The van der Waals surface area contributed by atoms with Gasteiger partial charge < -0.3 is 14.2 Å². The first kappa shape index (κ1) is 16.1. The van der Waals surface area contributed by atoms with Gasteiger partial charge in [-0.15, -0.1) is 0 Å². The van der Waals surface area contributed by atoms with Gasteiger partial charge in [0.15, 0.2) is 0 Å². The lowest BCUT2D eigenvalue weighted by atomic mass is 9.77. The Bertz CT molecular complexity index is 833. The second-order valence-electron chi connectivity index (χ2n) is 7.62. The maximum absolute atomic E-state index is 12.7. The third-order valence-corrected chi connectivity index (χ3v) is 5.84. The molecule has 2 aromatic rings. The number of hydrogen-bond donors (Lipinski definition) is 0. The molecule has 0 bridgehead atoms. The number of aromatic nitrogens is 2. The van der Waals surface area contributed by atoms with Gasteiger partial charge in [0, 0.05) is 50.9 Å². The number of fused-ring (bicyclic) bond motifs is 1. The van der Waals surface area contributed by atoms with Crippen molar-refractivity contribution in [2.45, 2.75) is 32.6 Å². The Labute approximate surface area is 147 Å². The lowest BCUT2D eigenvalue weighted by Crippen LogP contribution is -2.44. The minimum absolute atomic E-state index is 0.0863. The first-order chi connectivity index (χ1) is 12.0. The molecule has 4 heterocycles. The number of imidazole rings is 1. The minimum Gasteiger partial charge on any atom is -0.345 e. The molecule has 0 atom stereocenters. The molecule has 4 rings (SSSR count). The zero-order valence-electron chi connectivity index (χ0n) is 14.9. The van der Waals surface area contributed by atoms with E-state index >= 15 is 0 Å². The molecule has 0 aromatic carbocycles. The third kappa shape index (κ3) is 2.79. The summed E-state index contributed by atoms with van der Waals surface area (Å²) < 4.78 is 2.00. The zero-order chi connectivity index (χ0) is 17.6. The van der Waals surface area contributed by atoms with Crippen molar-refractivity contribution in [3.63, 3.8) is 0 Å². The van der Waals surface area contributed by atoms with Gasteiger partial charge in [-0.3, -0.25) is 9.59 Å². The Morgan fingerprint density at radius 2 is 2.08 bits per heavy atom. The predicted molar refractivity (Wildman–Crippen MR) is 94.1 cm³/mol. The molecule has 2 fully saturated rings. The number of pyridine rings is 1. The van der Waals surface area contributed by atoms with E-state index in [2.05, 4.69) is 4.98 Å². The fraction of sp³-hybridized carbons (Fsp3) is 0.526. The Kier molecular flexibility index (Phi) is 3.78. The smallest absolute Gasteiger partial charge is 0.228 e. The maximum atomic E-state index is 12.7. The van der Waals surface area contributed by atoms with Crippen molar-refractivity contribution in [1.29, 1.82) is 0 Å². The van der Waals surface area contributed by atoms with Gasteiger partial charge in [-0.1, -0.05) is 6.07 Å². The van der Waals surface area contributed by atoms with Gasteiger partial charge in [0.2, 0.25) is 11.8 Å². The number of piperidine rings is 1. The molecule has 0 saturated carbocycles. The van der Waals surface area contributed by atoms with Gasteiger partial charge in [0.1, 0.15) is 5.65 Å². The average molecular weight is 340 g/mol. The number of nitrogens with zero attached hydrogens (tertiary/aromatic N) is 4. The largest absolute Gasteiger partial charge is 0.345 e. The molecule has 132 valence electrons. The highest BCUT2D eigenvalue weighted by atomic mass is 16.2. The van der Waals surface area contributed by atoms with Gasteiger partial charge >= 0.3 is 0 Å². The summed E-state index contributed by atoms with van der Waals surface area (Å²) in [6.07, 6.45) is 6.61. The second-order valence-corrected chi connectivity index (χ2v) is 7.62. The Hall–Kier alpha value is -2.37. The Morgan fingerprint density at radius 3 is 2.76 bits per heavy atom. The highest BCUT2D eigenvalue weighted by Crippen LogP contribution is 2.40. The van der Waals surface area contributed by atoms with Crippen LogP contribution < -0.4 is 0 Å². The van der Waals surface area contributed by atoms with Crippen molar-refractivity contribution in [3.05, 3.63) is 35.8 Å².